The summed E-state index contributed by atoms with van der Waals surface area (Å²) >= 11 is 0. The van der Waals surface area contributed by atoms with Crippen LogP contribution in [0.15, 0.2) is 34.9 Å². The van der Waals surface area contributed by atoms with Crippen LogP contribution in [-0.2, 0) is 10.0 Å². The van der Waals surface area contributed by atoms with Gasteiger partial charge in [-0.05, 0) is 12.1 Å². The van der Waals surface area contributed by atoms with Gasteiger partial charge in [-0.15, -0.1) is 0 Å². The van der Waals surface area contributed by atoms with Gasteiger partial charge < -0.3 is 10.2 Å². The maximum Gasteiger partial charge on any atom is 0.292 e. The largest absolute Gasteiger partial charge is 0.424 e. The Balaban J connectivity index is 2.35. The number of benzene rings is 1. The number of rotatable bonds is 3. The number of oxazole rings is 1. The number of anilines is 2. The lowest BCUT2D eigenvalue weighted by atomic mass is 10.2. The first-order chi connectivity index (χ1) is 7.94. The summed E-state index contributed by atoms with van der Waals surface area (Å²) < 4.78 is 29.7. The molecule has 0 spiro atoms. The van der Waals surface area contributed by atoms with Crippen molar-refractivity contribution >= 4 is 21.7 Å². The fourth-order valence-corrected chi connectivity index (χ4v) is 1.93. The minimum absolute atomic E-state index is 0.0708. The summed E-state index contributed by atoms with van der Waals surface area (Å²) in [4.78, 5) is 3.77. The highest BCUT2D eigenvalue weighted by Gasteiger charge is 2.06. The van der Waals surface area contributed by atoms with E-state index in [1.807, 2.05) is 0 Å². The molecule has 0 aliphatic heterocycles. The Kier molecular flexibility index (Phi) is 2.76. The highest BCUT2D eigenvalue weighted by atomic mass is 32.2. The van der Waals surface area contributed by atoms with Crippen molar-refractivity contribution in [3.05, 3.63) is 30.5 Å². The molecule has 0 saturated heterocycles. The molecule has 90 valence electrons. The van der Waals surface area contributed by atoms with E-state index in [-0.39, 0.29) is 6.01 Å². The van der Waals surface area contributed by atoms with Gasteiger partial charge in [0.15, 0.2) is 5.76 Å². The lowest BCUT2D eigenvalue weighted by Crippen LogP contribution is -2.09. The molecule has 1 aromatic carbocycles. The maximum atomic E-state index is 11.1. The fourth-order valence-electron chi connectivity index (χ4n) is 1.37. The molecule has 0 radical (unpaired) electrons. The van der Waals surface area contributed by atoms with Crippen LogP contribution in [0.2, 0.25) is 0 Å². The second-order valence-electron chi connectivity index (χ2n) is 3.52. The molecule has 0 saturated carbocycles. The van der Waals surface area contributed by atoms with E-state index in [1.54, 1.807) is 24.3 Å². The van der Waals surface area contributed by atoms with E-state index in [4.69, 9.17) is 10.2 Å². The van der Waals surface area contributed by atoms with Gasteiger partial charge in [-0.2, -0.15) is 0 Å². The summed E-state index contributed by atoms with van der Waals surface area (Å²) in [7, 11) is -3.29. The van der Waals surface area contributed by atoms with Gasteiger partial charge >= 0.3 is 0 Å². The van der Waals surface area contributed by atoms with Gasteiger partial charge in [0.05, 0.1) is 12.5 Å². The molecule has 2 rings (SSSR count). The van der Waals surface area contributed by atoms with Crippen molar-refractivity contribution in [1.82, 2.24) is 4.98 Å². The van der Waals surface area contributed by atoms with Crippen LogP contribution in [-0.4, -0.2) is 19.7 Å². The smallest absolute Gasteiger partial charge is 0.292 e. The third-order valence-electron chi connectivity index (χ3n) is 1.97. The average Bonchev–Trinajstić information content (AvgIpc) is 2.63. The number of nitrogens with two attached hydrogens (primary N) is 1. The van der Waals surface area contributed by atoms with Crippen LogP contribution in [0.1, 0.15) is 0 Å². The first-order valence-electron chi connectivity index (χ1n) is 4.73. The first kappa shape index (κ1) is 11.5. The van der Waals surface area contributed by atoms with Crippen molar-refractivity contribution in [2.45, 2.75) is 0 Å². The molecular formula is C10H11N3O3S. The van der Waals surface area contributed by atoms with Crippen molar-refractivity contribution < 1.29 is 12.8 Å². The normalized spacial score (nSPS) is 11.4. The van der Waals surface area contributed by atoms with E-state index < -0.39 is 10.0 Å². The molecule has 1 aromatic heterocycles. The van der Waals surface area contributed by atoms with Crippen LogP contribution >= 0.6 is 0 Å². The highest BCUT2D eigenvalue weighted by Crippen LogP contribution is 2.24. The molecule has 7 heteroatoms. The van der Waals surface area contributed by atoms with E-state index in [1.165, 1.54) is 6.20 Å². The summed E-state index contributed by atoms with van der Waals surface area (Å²) in [5, 5.41) is 0. The second-order valence-corrected chi connectivity index (χ2v) is 5.27. The summed E-state index contributed by atoms with van der Waals surface area (Å²) in [6.45, 7) is 0. The standard InChI is InChI=1S/C10H11N3O3S/c1-17(14,15)13-8-4-2-3-7(5-8)9-6-12-10(11)16-9/h2-6,13H,1H3,(H2,11,12). The molecule has 0 aliphatic carbocycles. The van der Waals surface area contributed by atoms with E-state index in [0.717, 1.165) is 6.26 Å². The summed E-state index contributed by atoms with van der Waals surface area (Å²) in [6, 6.07) is 6.83. The van der Waals surface area contributed by atoms with Crippen molar-refractivity contribution in [2.75, 3.05) is 16.7 Å². The van der Waals surface area contributed by atoms with Gasteiger partial charge in [-0.1, -0.05) is 12.1 Å². The summed E-state index contributed by atoms with van der Waals surface area (Å²) in [6.07, 6.45) is 2.57. The zero-order valence-electron chi connectivity index (χ0n) is 9.04. The Morgan fingerprint density at radius 1 is 1.41 bits per heavy atom. The Morgan fingerprint density at radius 2 is 2.18 bits per heavy atom. The van der Waals surface area contributed by atoms with Crippen LogP contribution < -0.4 is 10.5 Å². The van der Waals surface area contributed by atoms with Crippen molar-refractivity contribution in [2.24, 2.45) is 0 Å². The third kappa shape index (κ3) is 2.97. The molecule has 1 heterocycles. The fraction of sp³-hybridized carbons (Fsp3) is 0.100. The van der Waals surface area contributed by atoms with Gasteiger partial charge in [-0.25, -0.2) is 13.4 Å². The van der Waals surface area contributed by atoms with Crippen LogP contribution in [0.5, 0.6) is 0 Å². The van der Waals surface area contributed by atoms with Crippen molar-refractivity contribution in [3.8, 4) is 11.3 Å². The molecule has 6 nitrogen and oxygen atoms in total. The minimum Gasteiger partial charge on any atom is -0.424 e. The molecule has 0 fully saturated rings. The predicted molar refractivity (Wildman–Crippen MR) is 64.8 cm³/mol. The number of nitrogens with zero attached hydrogens (tertiary/aromatic N) is 1. The minimum atomic E-state index is -3.29. The molecular weight excluding hydrogens is 242 g/mol. The Bertz CT molecular complexity index is 634. The highest BCUT2D eigenvalue weighted by molar-refractivity contribution is 7.92. The number of hydrogen-bond acceptors (Lipinski definition) is 5. The zero-order chi connectivity index (χ0) is 12.5. The van der Waals surface area contributed by atoms with E-state index in [9.17, 15) is 8.42 Å². The lowest BCUT2D eigenvalue weighted by molar-refractivity contribution is 0.594. The van der Waals surface area contributed by atoms with Crippen LogP contribution in [0.25, 0.3) is 11.3 Å². The Labute approximate surface area is 98.5 Å². The second kappa shape index (κ2) is 4.10. The SMILES string of the molecule is CS(=O)(=O)Nc1cccc(-c2cnc(N)o2)c1. The van der Waals surface area contributed by atoms with Gasteiger partial charge in [0, 0.05) is 11.3 Å². The quantitative estimate of drug-likeness (QED) is 0.859. The van der Waals surface area contributed by atoms with Crippen molar-refractivity contribution in [3.63, 3.8) is 0 Å². The Hall–Kier alpha value is -2.02. The van der Waals surface area contributed by atoms with E-state index >= 15 is 0 Å². The van der Waals surface area contributed by atoms with Gasteiger partial charge in [0.1, 0.15) is 0 Å². The number of hydrogen-bond donors (Lipinski definition) is 2. The first-order valence-corrected chi connectivity index (χ1v) is 6.63. The molecule has 0 amide bonds. The van der Waals surface area contributed by atoms with Crippen LogP contribution in [0.4, 0.5) is 11.7 Å². The van der Waals surface area contributed by atoms with Gasteiger partial charge in [-0.3, -0.25) is 4.72 Å². The third-order valence-corrected chi connectivity index (χ3v) is 2.58. The van der Waals surface area contributed by atoms with Crippen molar-refractivity contribution in [1.29, 1.82) is 0 Å². The molecule has 17 heavy (non-hydrogen) atoms. The molecule has 3 N–H and O–H groups in total. The lowest BCUT2D eigenvalue weighted by Gasteiger charge is -2.04. The molecule has 0 atom stereocenters. The van der Waals surface area contributed by atoms with Gasteiger partial charge in [0.25, 0.3) is 6.01 Å². The monoisotopic (exact) mass is 253 g/mol. The number of aromatic nitrogens is 1. The Morgan fingerprint density at radius 3 is 2.76 bits per heavy atom. The number of sulfonamides is 1. The molecule has 0 bridgehead atoms. The van der Waals surface area contributed by atoms with Gasteiger partial charge in [0.2, 0.25) is 10.0 Å². The average molecular weight is 253 g/mol. The topological polar surface area (TPSA) is 98.2 Å². The zero-order valence-corrected chi connectivity index (χ0v) is 9.86. The van der Waals surface area contributed by atoms with Crippen LogP contribution in [0.3, 0.4) is 0 Å². The number of nitrogen functional groups attached to an aromatic ring is 1. The summed E-state index contributed by atoms with van der Waals surface area (Å²) in [5.41, 5.74) is 6.52. The predicted octanol–water partition coefficient (Wildman–Crippen LogP) is 1.30. The molecule has 0 unspecified atom stereocenters. The van der Waals surface area contributed by atoms with E-state index in [0.29, 0.717) is 17.0 Å². The maximum absolute atomic E-state index is 11.1. The van der Waals surface area contributed by atoms with E-state index in [2.05, 4.69) is 9.71 Å². The molecule has 0 aliphatic rings. The molecule has 2 aromatic rings. The number of nitrogens with one attached hydrogen (secondary N) is 1. The summed E-state index contributed by atoms with van der Waals surface area (Å²) in [5.74, 6) is 0.486. The van der Waals surface area contributed by atoms with Crippen LogP contribution in [0, 0.1) is 0 Å².